The number of nitrogens with one attached hydrogen (secondary N) is 16. The molecule has 12 atom stereocenters. The first-order valence-corrected chi connectivity index (χ1v) is 42.7. The number of amides is 17. The van der Waals surface area contributed by atoms with Crippen LogP contribution in [0.15, 0.2) is 134 Å². The number of aromatic amines is 1. The van der Waals surface area contributed by atoms with Crippen LogP contribution in [0.2, 0.25) is 0 Å². The lowest BCUT2D eigenvalue weighted by Crippen LogP contribution is -2.61. The Labute approximate surface area is 747 Å². The lowest BCUT2D eigenvalue weighted by molar-refractivity contribution is -0.136. The summed E-state index contributed by atoms with van der Waals surface area (Å²) in [4.78, 5) is 249. The summed E-state index contributed by atoms with van der Waals surface area (Å²) in [5, 5.41) is 89.5. The molecule has 17 amide bonds. The fourth-order valence-corrected chi connectivity index (χ4v) is 14.2. The molecule has 0 unspecified atom stereocenters. The van der Waals surface area contributed by atoms with Crippen molar-refractivity contribution in [1.29, 1.82) is 0 Å². The maximum atomic E-state index is 15.3. The highest BCUT2D eigenvalue weighted by Gasteiger charge is 2.38. The van der Waals surface area contributed by atoms with Gasteiger partial charge in [-0.2, -0.15) is 0 Å². The van der Waals surface area contributed by atoms with Crippen LogP contribution in [0, 0.1) is 17.8 Å². The molecular formula is C87H113N19O22S. The number of aromatic nitrogens is 2. The molecule has 5 aromatic carbocycles. The molecule has 1 aliphatic heterocycles. The van der Waals surface area contributed by atoms with Crippen molar-refractivity contribution in [2.24, 2.45) is 29.2 Å². The monoisotopic (exact) mass is 1810 g/mol. The Bertz CT molecular complexity index is 4890. The predicted molar refractivity (Wildman–Crippen MR) is 468 cm³/mol. The third-order valence-corrected chi connectivity index (χ3v) is 21.0. The van der Waals surface area contributed by atoms with Gasteiger partial charge in [0.25, 0.3) is 0 Å². The average Bonchev–Trinajstić information content (AvgIpc) is 1.40. The second-order valence-corrected chi connectivity index (χ2v) is 33.4. The van der Waals surface area contributed by atoms with Gasteiger partial charge < -0.3 is 122 Å². The zero-order valence-corrected chi connectivity index (χ0v) is 73.0. The Kier molecular flexibility index (Phi) is 39.5. The first kappa shape index (κ1) is 102. The van der Waals surface area contributed by atoms with E-state index in [9.17, 15) is 87.9 Å². The van der Waals surface area contributed by atoms with Gasteiger partial charge in [0.2, 0.25) is 100 Å². The van der Waals surface area contributed by atoms with Gasteiger partial charge in [-0.05, 0) is 132 Å². The number of H-pyrrole nitrogens is 1. The maximum absolute atomic E-state index is 15.3. The molecule has 0 saturated carbocycles. The minimum Gasteiger partial charge on any atom is -0.508 e. The summed E-state index contributed by atoms with van der Waals surface area (Å²) >= 11 is 0.739. The molecule has 1 saturated heterocycles. The molecule has 0 bridgehead atoms. The molecule has 1 fully saturated rings. The van der Waals surface area contributed by atoms with E-state index in [1.54, 1.807) is 41.5 Å². The molecule has 25 N–H and O–H groups in total. The number of phenols is 5. The van der Waals surface area contributed by atoms with Crippen molar-refractivity contribution >= 4 is 112 Å². The number of imidazole rings is 1. The standard InChI is InChI=1S/C87H113N19O22S/c1-45(2)30-59-77(118)93-42-74(115)98-69(79(120)92-40-71(89)113)43-129-44-75(116)97-63(34-50-10-20-55(108)21-11-50)83(124)106-68(39-72-90-28-29-91-72)87(128)101-61(32-47(5)6)82(123)104-65(36-52-14-24-57(110)25-15-52)85(126)105-66(37-53-16-26-58(111)27-17-53)84(125)103-64(35-51-12-22-56(109)23-13-51)80(121)95-48(7)76(117)99-60(31-46(3)4)81(122)102-62(33-49-8-18-54(107)19-9-49)78(119)94-41-73(114)96-67(38-70(88)112)86(127)100-59/h8-29,45-48,59-69,107-111H,30-44H2,1-7H3,(H2,88,112)(H2,89,113)(H,90,91)(H,92,120)(H,93,118)(H,94,119)(H,95,121)(H,96,114)(H,97,116)(H,98,115)(H,99,117)(H,100,127)(H,101,128)(H,102,122)(H,103,125)(H,104,123)(H,105,126)(H,106,124)/t48-,59-,60-,61-,62-,63-,64-,65-,66-,67-,68-,69-/m0/s1. The van der Waals surface area contributed by atoms with Crippen LogP contribution in [0.1, 0.15) is 108 Å². The highest BCUT2D eigenvalue weighted by Crippen LogP contribution is 2.21. The second kappa shape index (κ2) is 50.1. The van der Waals surface area contributed by atoms with Crippen LogP contribution in [0.4, 0.5) is 0 Å². The van der Waals surface area contributed by atoms with Crippen molar-refractivity contribution in [3.63, 3.8) is 0 Å². The summed E-state index contributed by atoms with van der Waals surface area (Å²) in [6, 6.07) is 8.29. The Balaban J connectivity index is 1.28. The van der Waals surface area contributed by atoms with E-state index in [2.05, 4.69) is 89.7 Å². The molecule has 1 aliphatic rings. The summed E-state index contributed by atoms with van der Waals surface area (Å²) in [7, 11) is 0. The maximum Gasteiger partial charge on any atom is 0.243 e. The Morgan fingerprint density at radius 2 is 0.667 bits per heavy atom. The third-order valence-electron chi connectivity index (χ3n) is 19.9. The van der Waals surface area contributed by atoms with Crippen LogP contribution >= 0.6 is 11.8 Å². The van der Waals surface area contributed by atoms with Crippen LogP contribution in [0.3, 0.4) is 0 Å². The molecule has 694 valence electrons. The summed E-state index contributed by atoms with van der Waals surface area (Å²) in [5.41, 5.74) is 12.6. The quantitative estimate of drug-likeness (QED) is 0.0306. The molecule has 0 spiro atoms. The third kappa shape index (κ3) is 35.5. The number of hydrogen-bond donors (Lipinski definition) is 23. The number of phenolic OH excluding ortho intramolecular Hbond substituents is 5. The van der Waals surface area contributed by atoms with Crippen LogP contribution < -0.4 is 91.2 Å². The molecule has 42 heteroatoms. The number of thioether (sulfide) groups is 1. The minimum absolute atomic E-state index is 0.0987. The normalized spacial score (nSPS) is 22.3. The van der Waals surface area contributed by atoms with E-state index < -0.39 is 216 Å². The molecule has 6 aromatic rings. The Morgan fingerprint density at radius 1 is 0.372 bits per heavy atom. The van der Waals surface area contributed by atoms with Gasteiger partial charge in [0.15, 0.2) is 0 Å². The number of nitrogens with two attached hydrogens (primary N) is 2. The van der Waals surface area contributed by atoms with Crippen LogP contribution in [0.25, 0.3) is 0 Å². The minimum atomic E-state index is -1.82. The van der Waals surface area contributed by atoms with Gasteiger partial charge in [-0.25, -0.2) is 4.98 Å². The van der Waals surface area contributed by atoms with Crippen LogP contribution in [0.5, 0.6) is 28.7 Å². The van der Waals surface area contributed by atoms with Gasteiger partial charge in [0.1, 0.15) is 107 Å². The van der Waals surface area contributed by atoms with Gasteiger partial charge in [-0.3, -0.25) is 81.5 Å². The van der Waals surface area contributed by atoms with Crippen molar-refractivity contribution in [2.75, 3.05) is 31.1 Å². The van der Waals surface area contributed by atoms with E-state index >= 15 is 19.2 Å². The fraction of sp³-hybridized carbons (Fsp3) is 0.425. The summed E-state index contributed by atoms with van der Waals surface area (Å²) in [6.45, 7) is 8.93. The molecule has 0 aliphatic carbocycles. The van der Waals surface area contributed by atoms with E-state index in [4.69, 9.17) is 11.5 Å². The Hall–Kier alpha value is -14.3. The zero-order valence-electron chi connectivity index (χ0n) is 72.2. The van der Waals surface area contributed by atoms with Crippen molar-refractivity contribution in [3.05, 3.63) is 167 Å². The number of rotatable bonds is 23. The summed E-state index contributed by atoms with van der Waals surface area (Å²) in [5.74, 6) is -20.0. The topological polar surface area (TPSA) is 653 Å². The second-order valence-electron chi connectivity index (χ2n) is 32.4. The lowest BCUT2D eigenvalue weighted by Gasteiger charge is -2.29. The van der Waals surface area contributed by atoms with Crippen molar-refractivity contribution in [2.45, 2.75) is 185 Å². The van der Waals surface area contributed by atoms with E-state index in [0.29, 0.717) is 27.8 Å². The first-order valence-electron chi connectivity index (χ1n) is 41.6. The molecule has 1 aromatic heterocycles. The van der Waals surface area contributed by atoms with Crippen molar-refractivity contribution < 1.29 is 107 Å². The smallest absolute Gasteiger partial charge is 0.243 e. The highest BCUT2D eigenvalue weighted by molar-refractivity contribution is 8.00. The van der Waals surface area contributed by atoms with Gasteiger partial charge in [-0.15, -0.1) is 11.8 Å². The molecule has 41 nitrogen and oxygen atoms in total. The number of hydrogen-bond acceptors (Lipinski definition) is 24. The number of carbonyl (C=O) groups excluding carboxylic acids is 17. The number of aromatic hydroxyl groups is 5. The number of nitrogens with zero attached hydrogens (tertiary/aromatic N) is 1. The molecule has 129 heavy (non-hydrogen) atoms. The molecule has 2 heterocycles. The van der Waals surface area contributed by atoms with Crippen LogP contribution in [-0.2, 0) is 120 Å². The molecule has 0 radical (unpaired) electrons. The van der Waals surface area contributed by atoms with Gasteiger partial charge >= 0.3 is 0 Å². The van der Waals surface area contributed by atoms with E-state index in [-0.39, 0.29) is 104 Å². The van der Waals surface area contributed by atoms with Crippen LogP contribution in [-0.4, -0.2) is 240 Å². The number of benzene rings is 5. The first-order chi connectivity index (χ1) is 61.1. The summed E-state index contributed by atoms with van der Waals surface area (Å²) in [6.07, 6.45) is -0.492. The fourth-order valence-electron chi connectivity index (χ4n) is 13.4. The highest BCUT2D eigenvalue weighted by atomic mass is 32.2. The largest absolute Gasteiger partial charge is 0.508 e. The number of primary amides is 2. The van der Waals surface area contributed by atoms with E-state index in [1.165, 1.54) is 141 Å². The number of carbonyl (C=O) groups is 17. The van der Waals surface area contributed by atoms with Gasteiger partial charge in [0, 0.05) is 56.7 Å². The van der Waals surface area contributed by atoms with Crippen molar-refractivity contribution in [1.82, 2.24) is 89.7 Å². The predicted octanol–water partition coefficient (Wildman–Crippen LogP) is -2.87. The van der Waals surface area contributed by atoms with Gasteiger partial charge in [-0.1, -0.05) is 102 Å². The van der Waals surface area contributed by atoms with E-state index in [1.807, 2.05) is 0 Å². The molecule has 7 rings (SSSR count). The zero-order chi connectivity index (χ0) is 94.7. The van der Waals surface area contributed by atoms with Crippen molar-refractivity contribution in [3.8, 4) is 28.7 Å². The lowest BCUT2D eigenvalue weighted by atomic mass is 9.99. The average molecular weight is 1810 g/mol. The SMILES string of the molecule is CC(C)C[C@@H]1NC(=O)[C@H](C)NC(=O)[C@H](Cc2ccc(O)cc2)NC(=O)[C@H](Cc2ccc(O)cc2)NC(=O)[C@H](Cc2ccc(O)cc2)NC(=O)[C@H](CC(C)C)NC(=O)[C@H](Cc2ncc[nH]2)NC(=O)[C@H](Cc2ccc(O)cc2)NC(=O)CSC[C@@H](C(=O)NCC(N)=O)NC(=O)CNC(=O)[C@H](CC(C)C)NC(=O)[C@H](CC(N)=O)NC(=O)CNC(=O)[C@H](Cc2ccc(O)cc2)NC1=O. The molecular weight excluding hydrogens is 1700 g/mol. The summed E-state index contributed by atoms with van der Waals surface area (Å²) < 4.78 is 0. The van der Waals surface area contributed by atoms with E-state index in [0.717, 1.165) is 11.8 Å². The van der Waals surface area contributed by atoms with Gasteiger partial charge in [0.05, 0.1) is 31.8 Å². The Morgan fingerprint density at radius 3 is 1.02 bits per heavy atom.